The van der Waals surface area contributed by atoms with Crippen LogP contribution in [0.15, 0.2) is 81.6 Å². The number of carbonyl (C=O) groups is 2. The van der Waals surface area contributed by atoms with Crippen molar-refractivity contribution in [3.05, 3.63) is 118 Å². The summed E-state index contributed by atoms with van der Waals surface area (Å²) in [6.45, 7) is 6.63. The molecule has 0 spiro atoms. The van der Waals surface area contributed by atoms with Gasteiger partial charge in [-0.25, -0.2) is 0 Å². The third-order valence-corrected chi connectivity index (χ3v) is 5.46. The topological polar surface area (TPSA) is 60.4 Å². The van der Waals surface area contributed by atoms with Crippen LogP contribution in [0.25, 0.3) is 11.1 Å². The summed E-state index contributed by atoms with van der Waals surface area (Å²) in [6.07, 6.45) is 0. The van der Waals surface area contributed by atoms with Crippen LogP contribution < -0.4 is 0 Å². The van der Waals surface area contributed by atoms with Gasteiger partial charge >= 0.3 is 0 Å². The van der Waals surface area contributed by atoms with Crippen molar-refractivity contribution in [2.45, 2.75) is 27.7 Å². The molecule has 0 aliphatic rings. The lowest BCUT2D eigenvalue weighted by Crippen LogP contribution is -1.96. The molecular formula is C28H24O4. The van der Waals surface area contributed by atoms with Crippen molar-refractivity contribution in [2.24, 2.45) is 0 Å². The molecule has 0 N–H and O–H groups in total. The van der Waals surface area contributed by atoms with Crippen molar-refractivity contribution in [1.29, 1.82) is 0 Å². The van der Waals surface area contributed by atoms with E-state index in [1.165, 1.54) is 13.8 Å². The summed E-state index contributed by atoms with van der Waals surface area (Å²) >= 11 is 0. The smallest absolute Gasteiger partial charge is 0.163 e. The minimum absolute atomic E-state index is 0.0566. The van der Waals surface area contributed by atoms with Gasteiger partial charge in [-0.2, -0.15) is 0 Å². The third kappa shape index (κ3) is 4.00. The Kier molecular flexibility index (Phi) is 5.78. The molecule has 0 fully saturated rings. The van der Waals surface area contributed by atoms with Crippen molar-refractivity contribution in [1.82, 2.24) is 0 Å². The van der Waals surface area contributed by atoms with Gasteiger partial charge in [-0.3, -0.25) is 9.59 Å². The third-order valence-electron chi connectivity index (χ3n) is 5.46. The monoisotopic (exact) mass is 424 g/mol. The van der Waals surface area contributed by atoms with E-state index in [2.05, 4.69) is 0 Å². The molecule has 160 valence electrons. The second-order valence-corrected chi connectivity index (χ2v) is 7.76. The fourth-order valence-electron chi connectivity index (χ4n) is 3.94. The molecule has 4 rings (SSSR count). The zero-order chi connectivity index (χ0) is 22.8. The van der Waals surface area contributed by atoms with E-state index in [4.69, 9.17) is 8.83 Å². The quantitative estimate of drug-likeness (QED) is 0.249. The second kappa shape index (κ2) is 8.67. The lowest BCUT2D eigenvalue weighted by Gasteiger charge is -2.13. The molecule has 2 heterocycles. The van der Waals surface area contributed by atoms with Crippen molar-refractivity contribution in [2.75, 3.05) is 0 Å². The Bertz CT molecular complexity index is 1210. The average molecular weight is 424 g/mol. The molecule has 0 saturated heterocycles. The number of rotatable bonds is 6. The van der Waals surface area contributed by atoms with E-state index in [-0.39, 0.29) is 11.6 Å². The largest absolute Gasteiger partial charge is 0.461 e. The highest BCUT2D eigenvalue weighted by molar-refractivity contribution is 6.05. The number of aryl methyl sites for hydroxylation is 2. The van der Waals surface area contributed by atoms with Gasteiger partial charge in [0.05, 0.1) is 11.1 Å². The van der Waals surface area contributed by atoms with Crippen molar-refractivity contribution in [3.63, 3.8) is 0 Å². The van der Waals surface area contributed by atoms with Gasteiger partial charge in [0.25, 0.3) is 0 Å². The van der Waals surface area contributed by atoms with E-state index < -0.39 is 0 Å². The molecule has 2 aromatic carbocycles. The van der Waals surface area contributed by atoms with Gasteiger partial charge in [0.15, 0.2) is 11.6 Å². The van der Waals surface area contributed by atoms with Gasteiger partial charge in [-0.15, -0.1) is 0 Å². The summed E-state index contributed by atoms with van der Waals surface area (Å²) in [4.78, 5) is 24.3. The highest BCUT2D eigenvalue weighted by Gasteiger charge is 2.24. The molecule has 0 aliphatic heterocycles. The maximum atomic E-state index is 12.1. The highest BCUT2D eigenvalue weighted by atomic mass is 16.3. The number of hydrogen-bond acceptors (Lipinski definition) is 4. The summed E-state index contributed by atoms with van der Waals surface area (Å²) in [5.74, 6) is 2.15. The first-order chi connectivity index (χ1) is 15.4. The second-order valence-electron chi connectivity index (χ2n) is 7.76. The summed E-state index contributed by atoms with van der Waals surface area (Å²) in [5, 5.41) is 0. The van der Waals surface area contributed by atoms with E-state index in [1.807, 2.05) is 60.7 Å². The van der Waals surface area contributed by atoms with Gasteiger partial charge in [0.2, 0.25) is 0 Å². The molecule has 0 unspecified atom stereocenters. The van der Waals surface area contributed by atoms with Gasteiger partial charge in [0.1, 0.15) is 23.0 Å². The number of Topliss-reactive ketones (excluding diaryl/α,β-unsaturated/α-hetero) is 2. The molecular weight excluding hydrogens is 400 g/mol. The van der Waals surface area contributed by atoms with Crippen molar-refractivity contribution < 1.29 is 18.4 Å². The maximum absolute atomic E-state index is 12.1. The summed E-state index contributed by atoms with van der Waals surface area (Å²) in [6, 6.07) is 23.2. The summed E-state index contributed by atoms with van der Waals surface area (Å²) < 4.78 is 12.2. The van der Waals surface area contributed by atoms with Crippen LogP contribution in [0.5, 0.6) is 0 Å². The van der Waals surface area contributed by atoms with Crippen molar-refractivity contribution in [3.8, 4) is 0 Å². The van der Waals surface area contributed by atoms with Crippen molar-refractivity contribution >= 4 is 22.7 Å². The molecule has 0 radical (unpaired) electrons. The molecule has 0 aliphatic carbocycles. The van der Waals surface area contributed by atoms with Crippen LogP contribution in [0, 0.1) is 13.8 Å². The summed E-state index contributed by atoms with van der Waals surface area (Å²) in [7, 11) is 0. The highest BCUT2D eigenvalue weighted by Crippen LogP contribution is 2.39. The predicted octanol–water partition coefficient (Wildman–Crippen LogP) is 6.90. The first kappa shape index (κ1) is 21.3. The number of benzene rings is 2. The average Bonchev–Trinajstić information content (AvgIpc) is 3.35. The normalized spacial score (nSPS) is 11.9. The number of ketones is 2. The van der Waals surface area contributed by atoms with Crippen LogP contribution in [0.4, 0.5) is 0 Å². The molecule has 32 heavy (non-hydrogen) atoms. The van der Waals surface area contributed by atoms with Gasteiger partial charge in [0, 0.05) is 11.1 Å². The molecule has 0 amide bonds. The van der Waals surface area contributed by atoms with E-state index in [9.17, 15) is 9.59 Å². The Balaban J connectivity index is 2.12. The fourth-order valence-corrected chi connectivity index (χ4v) is 3.94. The van der Waals surface area contributed by atoms with E-state index in [1.54, 1.807) is 26.0 Å². The van der Waals surface area contributed by atoms with E-state index >= 15 is 0 Å². The minimum atomic E-state index is -0.0566. The van der Waals surface area contributed by atoms with E-state index in [0.717, 1.165) is 22.3 Å². The molecule has 0 atom stereocenters. The lowest BCUT2D eigenvalue weighted by atomic mass is 9.90. The number of carbonyl (C=O) groups excluding carboxylic acids is 2. The number of hydrogen-bond donors (Lipinski definition) is 0. The van der Waals surface area contributed by atoms with Crippen LogP contribution in [-0.4, -0.2) is 11.6 Å². The van der Waals surface area contributed by atoms with Crippen LogP contribution in [0.2, 0.25) is 0 Å². The lowest BCUT2D eigenvalue weighted by molar-refractivity contribution is 0.100. The van der Waals surface area contributed by atoms with Gasteiger partial charge in [-0.05, 0) is 51.0 Å². The molecule has 0 bridgehead atoms. The minimum Gasteiger partial charge on any atom is -0.461 e. The Morgan fingerprint density at radius 3 is 1.22 bits per heavy atom. The molecule has 4 aromatic rings. The Labute approximate surface area is 187 Å². The standard InChI is InChI=1S/C28H24O4/c1-17(29)23-15-25(31-19(23)3)27(21-11-7-5-8-12-21)28(22-13-9-6-10-14-22)26-16-24(18(2)30)20(4)32-26/h5-16H,1-4H3/b28-27+. The first-order valence-electron chi connectivity index (χ1n) is 10.5. The Morgan fingerprint density at radius 1 is 0.594 bits per heavy atom. The van der Waals surface area contributed by atoms with Gasteiger partial charge in [-0.1, -0.05) is 60.7 Å². The molecule has 2 aromatic heterocycles. The SMILES string of the molecule is CC(=O)c1cc(/C(=C(\c2ccccc2)c2cc(C(C)=O)c(C)o2)c2ccccc2)oc1C. The van der Waals surface area contributed by atoms with Crippen LogP contribution in [0.3, 0.4) is 0 Å². The van der Waals surface area contributed by atoms with Crippen LogP contribution in [-0.2, 0) is 0 Å². The summed E-state index contributed by atoms with van der Waals surface area (Å²) in [5.41, 5.74) is 4.48. The predicted molar refractivity (Wildman–Crippen MR) is 125 cm³/mol. The molecule has 4 heteroatoms. The first-order valence-corrected chi connectivity index (χ1v) is 10.5. The Morgan fingerprint density at radius 2 is 0.938 bits per heavy atom. The van der Waals surface area contributed by atoms with Crippen LogP contribution >= 0.6 is 0 Å². The zero-order valence-electron chi connectivity index (χ0n) is 18.6. The zero-order valence-corrected chi connectivity index (χ0v) is 18.6. The molecule has 4 nitrogen and oxygen atoms in total. The molecule has 0 saturated carbocycles. The maximum Gasteiger partial charge on any atom is 0.163 e. The fraction of sp³-hybridized carbons (Fsp3) is 0.143. The Hall–Kier alpha value is -3.92. The van der Waals surface area contributed by atoms with Crippen LogP contribution in [0.1, 0.15) is 68.7 Å². The van der Waals surface area contributed by atoms with Gasteiger partial charge < -0.3 is 8.83 Å². The number of furan rings is 2. The van der Waals surface area contributed by atoms with E-state index in [0.29, 0.717) is 34.2 Å².